The van der Waals surface area contributed by atoms with Crippen LogP contribution in [0.5, 0.6) is 0 Å². The van der Waals surface area contributed by atoms with E-state index in [0.717, 1.165) is 0 Å². The van der Waals surface area contributed by atoms with Gasteiger partial charge >= 0.3 is 5.97 Å². The smallest absolute Gasteiger partial charge is 0.324 e. The maximum absolute atomic E-state index is 11.6. The molecule has 0 aromatic carbocycles. The van der Waals surface area contributed by atoms with E-state index in [1.807, 2.05) is 0 Å². The van der Waals surface area contributed by atoms with E-state index in [9.17, 15) is 14.4 Å². The van der Waals surface area contributed by atoms with Gasteiger partial charge < -0.3 is 14.2 Å². The Morgan fingerprint density at radius 1 is 1.18 bits per heavy atom. The molecule has 0 fully saturated rings. The van der Waals surface area contributed by atoms with E-state index >= 15 is 0 Å². The van der Waals surface area contributed by atoms with Gasteiger partial charge in [0.1, 0.15) is 6.61 Å². The van der Waals surface area contributed by atoms with E-state index in [1.165, 1.54) is 14.0 Å². The van der Waals surface area contributed by atoms with Gasteiger partial charge in [-0.2, -0.15) is 0 Å². The van der Waals surface area contributed by atoms with Gasteiger partial charge in [-0.25, -0.2) is 0 Å². The Morgan fingerprint density at radius 3 is 2.29 bits per heavy atom. The highest BCUT2D eigenvalue weighted by molar-refractivity contribution is 6.16. The topological polar surface area (TPSA) is 78.9 Å². The summed E-state index contributed by atoms with van der Waals surface area (Å²) in [5.74, 6) is -3.33. The summed E-state index contributed by atoms with van der Waals surface area (Å²) in [6.07, 6.45) is 0. The molecule has 6 nitrogen and oxygen atoms in total. The molecule has 0 saturated heterocycles. The number of ketones is 2. The van der Waals surface area contributed by atoms with Gasteiger partial charge in [0.2, 0.25) is 0 Å². The minimum atomic E-state index is -1.38. The second kappa shape index (κ2) is 8.83. The summed E-state index contributed by atoms with van der Waals surface area (Å²) >= 11 is 0. The number of rotatable bonds is 9. The molecule has 98 valence electrons. The lowest BCUT2D eigenvalue weighted by Gasteiger charge is -2.11. The molecule has 0 aliphatic rings. The highest BCUT2D eigenvalue weighted by Crippen LogP contribution is 2.04. The van der Waals surface area contributed by atoms with Crippen LogP contribution in [0.1, 0.15) is 13.8 Å². The summed E-state index contributed by atoms with van der Waals surface area (Å²) < 4.78 is 14.3. The van der Waals surface area contributed by atoms with Gasteiger partial charge in [0, 0.05) is 7.11 Å². The molecule has 0 aromatic rings. The van der Waals surface area contributed by atoms with Crippen molar-refractivity contribution in [3.05, 3.63) is 0 Å². The first-order chi connectivity index (χ1) is 8.04. The Kier molecular flexibility index (Phi) is 8.17. The molecule has 0 amide bonds. The first-order valence-electron chi connectivity index (χ1n) is 5.31. The van der Waals surface area contributed by atoms with E-state index in [2.05, 4.69) is 4.74 Å². The van der Waals surface area contributed by atoms with Crippen LogP contribution >= 0.6 is 0 Å². The molecule has 0 aliphatic carbocycles. The normalized spacial score (nSPS) is 11.9. The van der Waals surface area contributed by atoms with Crippen LogP contribution in [0, 0.1) is 5.92 Å². The van der Waals surface area contributed by atoms with Gasteiger partial charge in [0.15, 0.2) is 17.5 Å². The fraction of sp³-hybridized carbons (Fsp3) is 0.727. The molecule has 0 N–H and O–H groups in total. The van der Waals surface area contributed by atoms with Crippen LogP contribution < -0.4 is 0 Å². The van der Waals surface area contributed by atoms with Gasteiger partial charge in [0.25, 0.3) is 0 Å². The summed E-state index contributed by atoms with van der Waals surface area (Å²) in [5, 5.41) is 0. The van der Waals surface area contributed by atoms with Crippen LogP contribution in [-0.2, 0) is 28.6 Å². The van der Waals surface area contributed by atoms with Crippen molar-refractivity contribution in [1.29, 1.82) is 0 Å². The number of ether oxygens (including phenoxy) is 3. The zero-order valence-electron chi connectivity index (χ0n) is 10.4. The number of carbonyl (C=O) groups excluding carboxylic acids is 3. The summed E-state index contributed by atoms with van der Waals surface area (Å²) in [5.41, 5.74) is 0. The SMILES string of the molecule is CCOC(=O)[C@@H](C(C)=O)C(=O)COCCOC. The van der Waals surface area contributed by atoms with Crippen molar-refractivity contribution in [2.45, 2.75) is 13.8 Å². The minimum absolute atomic E-state index is 0.125. The Labute approximate surface area is 100 Å². The van der Waals surface area contributed by atoms with E-state index in [1.54, 1.807) is 6.92 Å². The third-order valence-electron chi connectivity index (χ3n) is 1.93. The fourth-order valence-corrected chi connectivity index (χ4v) is 1.15. The van der Waals surface area contributed by atoms with E-state index in [4.69, 9.17) is 9.47 Å². The first-order valence-corrected chi connectivity index (χ1v) is 5.31. The summed E-state index contributed by atoms with van der Waals surface area (Å²) in [6.45, 7) is 3.18. The van der Waals surface area contributed by atoms with E-state index in [0.29, 0.717) is 6.61 Å². The predicted octanol–water partition coefficient (Wildman–Crippen LogP) is -0.0132. The standard InChI is InChI=1S/C11H18O6/c1-4-17-11(14)10(8(2)12)9(13)7-16-6-5-15-3/h10H,4-7H2,1-3H3/t10-/m0/s1. The Hall–Kier alpha value is -1.27. The van der Waals surface area contributed by atoms with E-state index in [-0.39, 0.29) is 19.8 Å². The number of hydrogen-bond acceptors (Lipinski definition) is 6. The van der Waals surface area contributed by atoms with Crippen molar-refractivity contribution in [3.63, 3.8) is 0 Å². The van der Waals surface area contributed by atoms with Gasteiger partial charge in [-0.1, -0.05) is 0 Å². The molecule has 0 rings (SSSR count). The molecule has 0 heterocycles. The number of Topliss-reactive ketones (excluding diaryl/α,β-unsaturated/α-hetero) is 2. The second-order valence-electron chi connectivity index (χ2n) is 3.31. The molecule has 1 atom stereocenters. The highest BCUT2D eigenvalue weighted by Gasteiger charge is 2.32. The number of hydrogen-bond donors (Lipinski definition) is 0. The maximum atomic E-state index is 11.6. The third-order valence-corrected chi connectivity index (χ3v) is 1.93. The number of carbonyl (C=O) groups is 3. The lowest BCUT2D eigenvalue weighted by molar-refractivity contribution is -0.155. The van der Waals surface area contributed by atoms with Gasteiger partial charge in [-0.3, -0.25) is 14.4 Å². The molecule has 0 radical (unpaired) electrons. The molecule has 0 unspecified atom stereocenters. The van der Waals surface area contributed by atoms with Crippen molar-refractivity contribution in [2.24, 2.45) is 5.92 Å². The maximum Gasteiger partial charge on any atom is 0.324 e. The van der Waals surface area contributed by atoms with E-state index < -0.39 is 23.5 Å². The highest BCUT2D eigenvalue weighted by atomic mass is 16.5. The Balaban J connectivity index is 4.25. The Bertz CT molecular complexity index is 273. The lowest BCUT2D eigenvalue weighted by Crippen LogP contribution is -2.34. The quantitative estimate of drug-likeness (QED) is 0.323. The van der Waals surface area contributed by atoms with Crippen LogP contribution in [0.4, 0.5) is 0 Å². The van der Waals surface area contributed by atoms with Crippen LogP contribution in [0.25, 0.3) is 0 Å². The van der Waals surface area contributed by atoms with Crippen LogP contribution in [0.15, 0.2) is 0 Å². The lowest BCUT2D eigenvalue weighted by atomic mass is 10.0. The van der Waals surface area contributed by atoms with Crippen LogP contribution in [0.2, 0.25) is 0 Å². The fourth-order valence-electron chi connectivity index (χ4n) is 1.15. The molecule has 0 aliphatic heterocycles. The van der Waals surface area contributed by atoms with Crippen LogP contribution in [-0.4, -0.2) is 51.1 Å². The summed E-state index contributed by atoms with van der Waals surface area (Å²) in [7, 11) is 1.50. The monoisotopic (exact) mass is 246 g/mol. The van der Waals surface area contributed by atoms with Crippen LogP contribution in [0.3, 0.4) is 0 Å². The number of esters is 1. The molecule has 6 heteroatoms. The molecule has 0 saturated carbocycles. The molecular weight excluding hydrogens is 228 g/mol. The average molecular weight is 246 g/mol. The zero-order chi connectivity index (χ0) is 13.3. The summed E-state index contributed by atoms with van der Waals surface area (Å²) in [6, 6.07) is 0. The zero-order valence-corrected chi connectivity index (χ0v) is 10.4. The Morgan fingerprint density at radius 2 is 1.82 bits per heavy atom. The first kappa shape index (κ1) is 15.7. The minimum Gasteiger partial charge on any atom is -0.465 e. The van der Waals surface area contributed by atoms with Crippen molar-refractivity contribution >= 4 is 17.5 Å². The van der Waals surface area contributed by atoms with Crippen molar-refractivity contribution in [2.75, 3.05) is 33.5 Å². The molecule has 0 spiro atoms. The van der Waals surface area contributed by atoms with Gasteiger partial charge in [0.05, 0.1) is 19.8 Å². The van der Waals surface area contributed by atoms with Crippen molar-refractivity contribution < 1.29 is 28.6 Å². The molecule has 0 aromatic heterocycles. The molecule has 17 heavy (non-hydrogen) atoms. The largest absolute Gasteiger partial charge is 0.465 e. The second-order valence-corrected chi connectivity index (χ2v) is 3.31. The predicted molar refractivity (Wildman–Crippen MR) is 58.5 cm³/mol. The average Bonchev–Trinajstić information content (AvgIpc) is 2.24. The summed E-state index contributed by atoms with van der Waals surface area (Å²) in [4.78, 5) is 34.1. The number of methoxy groups -OCH3 is 1. The van der Waals surface area contributed by atoms with Crippen molar-refractivity contribution in [1.82, 2.24) is 0 Å². The van der Waals surface area contributed by atoms with Crippen molar-refractivity contribution in [3.8, 4) is 0 Å². The molecule has 0 bridgehead atoms. The van der Waals surface area contributed by atoms with Gasteiger partial charge in [-0.15, -0.1) is 0 Å². The van der Waals surface area contributed by atoms with Gasteiger partial charge in [-0.05, 0) is 13.8 Å². The molecular formula is C11H18O6. The third kappa shape index (κ3) is 6.13.